The molecule has 1 saturated heterocycles. The zero-order valence-corrected chi connectivity index (χ0v) is 21.8. The molecular formula is C23H26N4O5S3. The average Bonchev–Trinajstić information content (AvgIpc) is 2.79. The third kappa shape index (κ3) is 6.72. The van der Waals surface area contributed by atoms with E-state index in [-0.39, 0.29) is 5.69 Å². The molecule has 2 aromatic carbocycles. The van der Waals surface area contributed by atoms with Gasteiger partial charge in [-0.1, -0.05) is 30.0 Å². The van der Waals surface area contributed by atoms with E-state index in [2.05, 4.69) is 39.1 Å². The van der Waals surface area contributed by atoms with Gasteiger partial charge in [0.2, 0.25) is 20.0 Å². The van der Waals surface area contributed by atoms with E-state index >= 15 is 0 Å². The summed E-state index contributed by atoms with van der Waals surface area (Å²) < 4.78 is 54.2. The maximum atomic E-state index is 12.1. The van der Waals surface area contributed by atoms with Crippen LogP contribution in [-0.2, 0) is 31.2 Å². The molecule has 0 atom stereocenters. The van der Waals surface area contributed by atoms with Gasteiger partial charge in [0, 0.05) is 36.3 Å². The van der Waals surface area contributed by atoms with Crippen molar-refractivity contribution in [1.29, 1.82) is 0 Å². The summed E-state index contributed by atoms with van der Waals surface area (Å²) in [4.78, 5) is 12.0. The van der Waals surface area contributed by atoms with Gasteiger partial charge in [-0.3, -0.25) is 0 Å². The van der Waals surface area contributed by atoms with Crippen molar-refractivity contribution in [2.45, 2.75) is 16.3 Å². The Morgan fingerprint density at radius 3 is 2.31 bits per heavy atom. The van der Waals surface area contributed by atoms with Crippen LogP contribution in [0.25, 0.3) is 0 Å². The molecule has 0 amide bonds. The quantitative estimate of drug-likeness (QED) is 0.403. The molecule has 0 radical (unpaired) electrons. The van der Waals surface area contributed by atoms with Gasteiger partial charge in [0.1, 0.15) is 10.9 Å². The molecular weight excluding hydrogens is 508 g/mol. The second-order valence-corrected chi connectivity index (χ2v) is 13.1. The number of sulfonamides is 2. The van der Waals surface area contributed by atoms with Crippen LogP contribution in [0.2, 0.25) is 0 Å². The molecule has 1 fully saturated rings. The molecule has 9 nitrogen and oxygen atoms in total. The summed E-state index contributed by atoms with van der Waals surface area (Å²) in [5, 5.41) is 0.669. The van der Waals surface area contributed by atoms with Crippen molar-refractivity contribution in [2.75, 3.05) is 47.4 Å². The number of ether oxygens (including phenoxy) is 1. The Balaban J connectivity index is 1.49. The first-order chi connectivity index (χ1) is 16.6. The number of anilines is 2. The van der Waals surface area contributed by atoms with Gasteiger partial charge < -0.3 is 9.64 Å². The van der Waals surface area contributed by atoms with Gasteiger partial charge in [0.15, 0.2) is 0 Å². The topological polar surface area (TPSA) is 110 Å². The minimum Gasteiger partial charge on any atom is -0.378 e. The highest BCUT2D eigenvalue weighted by Gasteiger charge is 2.27. The van der Waals surface area contributed by atoms with Gasteiger partial charge >= 0.3 is 0 Å². The number of rotatable bonds is 8. The first kappa shape index (κ1) is 25.4. The van der Waals surface area contributed by atoms with E-state index in [1.807, 2.05) is 0 Å². The molecule has 0 unspecified atom stereocenters. The number of nitrogens with zero attached hydrogens (tertiary/aromatic N) is 4. The van der Waals surface area contributed by atoms with Crippen LogP contribution in [0.15, 0.2) is 70.7 Å². The molecule has 0 saturated carbocycles. The van der Waals surface area contributed by atoms with Gasteiger partial charge in [-0.15, -0.1) is 0 Å². The van der Waals surface area contributed by atoms with Gasteiger partial charge in [-0.25, -0.2) is 26.8 Å². The molecule has 4 rings (SSSR count). The van der Waals surface area contributed by atoms with Crippen LogP contribution in [0.5, 0.6) is 0 Å². The summed E-state index contributed by atoms with van der Waals surface area (Å²) in [6, 6.07) is 16.4. The largest absolute Gasteiger partial charge is 0.378 e. The number of morpholine rings is 1. The number of aromatic nitrogens is 2. The van der Waals surface area contributed by atoms with Gasteiger partial charge in [0.25, 0.3) is 0 Å². The Morgan fingerprint density at radius 2 is 1.66 bits per heavy atom. The second kappa shape index (κ2) is 10.5. The summed E-state index contributed by atoms with van der Waals surface area (Å²) in [6.07, 6.45) is 3.96. The smallest absolute Gasteiger partial charge is 0.245 e. The fourth-order valence-electron chi connectivity index (χ4n) is 3.76. The summed E-state index contributed by atoms with van der Waals surface area (Å²) in [7, 11) is -8.03. The summed E-state index contributed by atoms with van der Waals surface area (Å²) in [5.41, 5.74) is 2.30. The van der Waals surface area contributed by atoms with E-state index in [0.29, 0.717) is 25.9 Å². The van der Waals surface area contributed by atoms with E-state index in [1.165, 1.54) is 29.6 Å². The lowest BCUT2D eigenvalue weighted by Gasteiger charge is -2.28. The molecule has 12 heteroatoms. The van der Waals surface area contributed by atoms with Crippen molar-refractivity contribution >= 4 is 43.2 Å². The molecule has 35 heavy (non-hydrogen) atoms. The van der Waals surface area contributed by atoms with E-state index < -0.39 is 20.0 Å². The van der Waals surface area contributed by atoms with Gasteiger partial charge in [-0.2, -0.15) is 3.71 Å². The lowest BCUT2D eigenvalue weighted by molar-refractivity contribution is 0.122. The number of benzene rings is 2. The average molecular weight is 535 g/mol. The van der Waals surface area contributed by atoms with Crippen molar-refractivity contribution in [3.05, 3.63) is 72.2 Å². The molecule has 0 spiro atoms. The van der Waals surface area contributed by atoms with E-state index in [1.54, 1.807) is 24.4 Å². The standard InChI is InChI=1S/C23H26N4O5S3/c1-34(28,29)27(35(2,30)31)20-4-3-5-21(17-20)33-23-10-11-24-22(25-23)16-18-6-8-19(9-7-18)26-12-14-32-15-13-26/h3-11,17H,12-16H2,1-2H3. The predicted molar refractivity (Wildman–Crippen MR) is 137 cm³/mol. The van der Waals surface area contributed by atoms with Crippen LogP contribution in [0.1, 0.15) is 11.4 Å². The Hall–Kier alpha value is -2.67. The maximum absolute atomic E-state index is 12.1. The zero-order valence-electron chi connectivity index (χ0n) is 19.4. The third-order valence-corrected chi connectivity index (χ3v) is 9.39. The zero-order chi connectivity index (χ0) is 25.1. The van der Waals surface area contributed by atoms with Crippen LogP contribution in [0, 0.1) is 0 Å². The highest BCUT2D eigenvalue weighted by molar-refractivity contribution is 8.09. The molecule has 3 aromatic rings. The number of hydrogen-bond acceptors (Lipinski definition) is 9. The molecule has 1 aromatic heterocycles. The van der Waals surface area contributed by atoms with E-state index in [0.717, 1.165) is 44.4 Å². The van der Waals surface area contributed by atoms with Crippen molar-refractivity contribution in [3.8, 4) is 0 Å². The molecule has 0 N–H and O–H groups in total. The Kier molecular flexibility index (Phi) is 7.64. The SMILES string of the molecule is CS(=O)(=O)N(c1cccc(Sc2ccnc(Cc3ccc(N4CCOCC4)cc3)n2)c1)S(C)(=O)=O. The maximum Gasteiger partial charge on any atom is 0.245 e. The lowest BCUT2D eigenvalue weighted by Crippen LogP contribution is -2.36. The molecule has 2 heterocycles. The van der Waals surface area contributed by atoms with E-state index in [4.69, 9.17) is 4.74 Å². The normalized spacial score (nSPS) is 14.6. The minimum atomic E-state index is -4.02. The van der Waals surface area contributed by atoms with Gasteiger partial charge in [-0.05, 0) is 42.0 Å². The Morgan fingerprint density at radius 1 is 0.971 bits per heavy atom. The molecule has 186 valence electrons. The predicted octanol–water partition coefficient (Wildman–Crippen LogP) is 2.78. The van der Waals surface area contributed by atoms with Crippen LogP contribution in [0.4, 0.5) is 11.4 Å². The highest BCUT2D eigenvalue weighted by atomic mass is 32.3. The van der Waals surface area contributed by atoms with E-state index in [9.17, 15) is 16.8 Å². The van der Waals surface area contributed by atoms with Crippen LogP contribution < -0.4 is 8.61 Å². The van der Waals surface area contributed by atoms with Crippen molar-refractivity contribution in [1.82, 2.24) is 9.97 Å². The first-order valence-electron chi connectivity index (χ1n) is 10.8. The molecule has 1 aliphatic heterocycles. The van der Waals surface area contributed by atoms with Crippen LogP contribution in [0.3, 0.4) is 0 Å². The lowest BCUT2D eigenvalue weighted by atomic mass is 10.1. The Labute approximate surface area is 210 Å². The van der Waals surface area contributed by atoms with Crippen molar-refractivity contribution < 1.29 is 21.6 Å². The van der Waals surface area contributed by atoms with Crippen LogP contribution in [-0.4, -0.2) is 65.6 Å². The third-order valence-electron chi connectivity index (χ3n) is 5.21. The molecule has 0 aliphatic carbocycles. The fourth-order valence-corrected chi connectivity index (χ4v) is 7.57. The second-order valence-electron chi connectivity index (χ2n) is 8.08. The minimum absolute atomic E-state index is 0.0506. The fraction of sp³-hybridized carbons (Fsp3) is 0.304. The summed E-state index contributed by atoms with van der Waals surface area (Å²) in [6.45, 7) is 3.25. The number of hydrogen-bond donors (Lipinski definition) is 0. The molecule has 0 bridgehead atoms. The monoisotopic (exact) mass is 534 g/mol. The van der Waals surface area contributed by atoms with Gasteiger partial charge in [0.05, 0.1) is 31.4 Å². The highest BCUT2D eigenvalue weighted by Crippen LogP contribution is 2.31. The van der Waals surface area contributed by atoms with Crippen molar-refractivity contribution in [3.63, 3.8) is 0 Å². The van der Waals surface area contributed by atoms with Crippen LogP contribution >= 0.6 is 11.8 Å². The van der Waals surface area contributed by atoms with Crippen molar-refractivity contribution in [2.24, 2.45) is 0 Å². The summed E-state index contributed by atoms with van der Waals surface area (Å²) in [5.74, 6) is 0.652. The first-order valence-corrected chi connectivity index (χ1v) is 15.3. The molecule has 1 aliphatic rings. The Bertz CT molecular complexity index is 1360. The summed E-state index contributed by atoms with van der Waals surface area (Å²) >= 11 is 1.30.